The van der Waals surface area contributed by atoms with Crippen molar-refractivity contribution >= 4 is 11.6 Å². The van der Waals surface area contributed by atoms with E-state index in [1.165, 1.54) is 0 Å². The summed E-state index contributed by atoms with van der Waals surface area (Å²) in [6, 6.07) is 15.0. The van der Waals surface area contributed by atoms with Gasteiger partial charge in [0.1, 0.15) is 17.6 Å². The number of benzene rings is 2. The van der Waals surface area contributed by atoms with Crippen LogP contribution < -0.4 is 15.2 Å². The molecule has 0 fully saturated rings. The van der Waals surface area contributed by atoms with Gasteiger partial charge in [0.05, 0.1) is 7.11 Å². The highest BCUT2D eigenvalue weighted by Gasteiger charge is 2.20. The van der Waals surface area contributed by atoms with Crippen molar-refractivity contribution in [3.63, 3.8) is 0 Å². The van der Waals surface area contributed by atoms with Crippen molar-refractivity contribution in [2.45, 2.75) is 25.5 Å². The van der Waals surface area contributed by atoms with E-state index in [0.29, 0.717) is 5.02 Å². The first-order valence-corrected chi connectivity index (χ1v) is 7.33. The van der Waals surface area contributed by atoms with Gasteiger partial charge in [0.25, 0.3) is 0 Å². The third-order valence-electron chi connectivity index (χ3n) is 3.36. The van der Waals surface area contributed by atoms with Gasteiger partial charge in [-0.1, -0.05) is 36.7 Å². The van der Waals surface area contributed by atoms with Gasteiger partial charge >= 0.3 is 0 Å². The summed E-state index contributed by atoms with van der Waals surface area (Å²) in [6.45, 7) is 2.04. The van der Waals surface area contributed by atoms with E-state index in [-0.39, 0.29) is 12.1 Å². The third kappa shape index (κ3) is 4.13. The molecule has 2 atom stereocenters. The summed E-state index contributed by atoms with van der Waals surface area (Å²) >= 11 is 5.94. The van der Waals surface area contributed by atoms with Crippen LogP contribution in [0.2, 0.25) is 5.02 Å². The summed E-state index contributed by atoms with van der Waals surface area (Å²) < 4.78 is 11.3. The average molecular weight is 306 g/mol. The summed E-state index contributed by atoms with van der Waals surface area (Å²) in [5.41, 5.74) is 7.23. The van der Waals surface area contributed by atoms with Crippen LogP contribution in [0.3, 0.4) is 0 Å². The Bertz CT molecular complexity index is 571. The predicted molar refractivity (Wildman–Crippen MR) is 86.1 cm³/mol. The first-order chi connectivity index (χ1) is 10.1. The van der Waals surface area contributed by atoms with Gasteiger partial charge in [0.2, 0.25) is 0 Å². The van der Waals surface area contributed by atoms with E-state index < -0.39 is 0 Å². The molecule has 0 spiro atoms. The molecule has 0 radical (unpaired) electrons. The van der Waals surface area contributed by atoms with E-state index in [1.54, 1.807) is 7.11 Å². The predicted octanol–water partition coefficient (Wildman–Crippen LogP) is 4.21. The van der Waals surface area contributed by atoms with Crippen LogP contribution in [-0.2, 0) is 0 Å². The molecule has 2 unspecified atom stereocenters. The normalized spacial score (nSPS) is 13.5. The topological polar surface area (TPSA) is 44.5 Å². The smallest absolute Gasteiger partial charge is 0.139 e. The lowest BCUT2D eigenvalue weighted by Gasteiger charge is -2.25. The second-order valence-electron chi connectivity index (χ2n) is 4.84. The van der Waals surface area contributed by atoms with E-state index >= 15 is 0 Å². The monoisotopic (exact) mass is 305 g/mol. The van der Waals surface area contributed by atoms with Crippen LogP contribution in [0.15, 0.2) is 48.5 Å². The van der Waals surface area contributed by atoms with Gasteiger partial charge < -0.3 is 15.2 Å². The van der Waals surface area contributed by atoms with Gasteiger partial charge in [-0.3, -0.25) is 0 Å². The molecule has 0 bridgehead atoms. The van der Waals surface area contributed by atoms with Crippen LogP contribution in [0, 0.1) is 0 Å². The fourth-order valence-corrected chi connectivity index (χ4v) is 2.22. The van der Waals surface area contributed by atoms with Gasteiger partial charge in [0, 0.05) is 17.1 Å². The molecule has 2 aromatic carbocycles. The SMILES string of the molecule is CCC(N)C(Oc1cccc(OC)c1)c1ccc(Cl)cc1. The molecule has 0 amide bonds. The molecule has 21 heavy (non-hydrogen) atoms. The molecular weight excluding hydrogens is 286 g/mol. The van der Waals surface area contributed by atoms with E-state index in [0.717, 1.165) is 23.5 Å². The number of nitrogens with two attached hydrogens (primary N) is 1. The number of ether oxygens (including phenoxy) is 2. The fraction of sp³-hybridized carbons (Fsp3) is 0.294. The zero-order valence-electron chi connectivity index (χ0n) is 12.3. The molecule has 0 aliphatic rings. The van der Waals surface area contributed by atoms with Crippen LogP contribution in [0.5, 0.6) is 11.5 Å². The molecular formula is C17H20ClNO2. The van der Waals surface area contributed by atoms with Crippen LogP contribution >= 0.6 is 11.6 Å². The van der Waals surface area contributed by atoms with Crippen molar-refractivity contribution in [2.75, 3.05) is 7.11 Å². The van der Waals surface area contributed by atoms with Crippen LogP contribution in [0.25, 0.3) is 0 Å². The van der Waals surface area contributed by atoms with Gasteiger partial charge in [-0.05, 0) is 36.2 Å². The second-order valence-corrected chi connectivity index (χ2v) is 5.28. The summed E-state index contributed by atoms with van der Waals surface area (Å²) in [4.78, 5) is 0. The van der Waals surface area contributed by atoms with Crippen molar-refractivity contribution < 1.29 is 9.47 Å². The van der Waals surface area contributed by atoms with E-state index in [4.69, 9.17) is 26.8 Å². The quantitative estimate of drug-likeness (QED) is 0.869. The Morgan fingerprint density at radius 3 is 2.38 bits per heavy atom. The molecule has 2 N–H and O–H groups in total. The highest BCUT2D eigenvalue weighted by atomic mass is 35.5. The Hall–Kier alpha value is -1.71. The van der Waals surface area contributed by atoms with Gasteiger partial charge in [-0.15, -0.1) is 0 Å². The molecule has 0 aromatic heterocycles. The molecule has 0 saturated heterocycles. The zero-order valence-corrected chi connectivity index (χ0v) is 13.0. The minimum absolute atomic E-state index is 0.0997. The Kier molecular flexibility index (Phi) is 5.48. The Morgan fingerprint density at radius 2 is 1.76 bits per heavy atom. The number of hydrogen-bond donors (Lipinski definition) is 1. The first kappa shape index (κ1) is 15.7. The van der Waals surface area contributed by atoms with Gasteiger partial charge in [-0.25, -0.2) is 0 Å². The first-order valence-electron chi connectivity index (χ1n) is 6.95. The maximum absolute atomic E-state index is 6.22. The standard InChI is InChI=1S/C17H20ClNO2/c1-3-16(19)17(12-7-9-13(18)10-8-12)21-15-6-4-5-14(11-15)20-2/h4-11,16-17H,3,19H2,1-2H3. The molecule has 2 rings (SSSR count). The van der Waals surface area contributed by atoms with E-state index in [1.807, 2.05) is 55.5 Å². The Morgan fingerprint density at radius 1 is 1.10 bits per heavy atom. The average Bonchev–Trinajstić information content (AvgIpc) is 2.53. The lowest BCUT2D eigenvalue weighted by molar-refractivity contribution is 0.170. The number of hydrogen-bond acceptors (Lipinski definition) is 3. The highest BCUT2D eigenvalue weighted by molar-refractivity contribution is 6.30. The molecule has 0 heterocycles. The number of rotatable bonds is 6. The van der Waals surface area contributed by atoms with Crippen molar-refractivity contribution in [1.29, 1.82) is 0 Å². The summed E-state index contributed by atoms with van der Waals surface area (Å²) in [7, 11) is 1.63. The van der Waals surface area contributed by atoms with Crippen LogP contribution in [0.4, 0.5) is 0 Å². The maximum atomic E-state index is 6.22. The molecule has 112 valence electrons. The molecule has 0 aliphatic carbocycles. The molecule has 2 aromatic rings. The number of halogens is 1. The Balaban J connectivity index is 2.25. The maximum Gasteiger partial charge on any atom is 0.139 e. The zero-order chi connectivity index (χ0) is 15.2. The van der Waals surface area contributed by atoms with Crippen molar-refractivity contribution in [2.24, 2.45) is 5.73 Å². The molecule has 4 heteroatoms. The lowest BCUT2D eigenvalue weighted by Crippen LogP contribution is -2.31. The molecule has 3 nitrogen and oxygen atoms in total. The van der Waals surface area contributed by atoms with Crippen molar-refractivity contribution in [3.05, 3.63) is 59.1 Å². The number of methoxy groups -OCH3 is 1. The van der Waals surface area contributed by atoms with Crippen LogP contribution in [-0.4, -0.2) is 13.2 Å². The Labute approximate surface area is 130 Å². The van der Waals surface area contributed by atoms with E-state index in [2.05, 4.69) is 0 Å². The van der Waals surface area contributed by atoms with Gasteiger partial charge in [0.15, 0.2) is 0 Å². The third-order valence-corrected chi connectivity index (χ3v) is 3.62. The second kappa shape index (κ2) is 7.34. The molecule has 0 saturated carbocycles. The minimum atomic E-state index is -0.223. The van der Waals surface area contributed by atoms with Crippen molar-refractivity contribution in [3.8, 4) is 11.5 Å². The highest BCUT2D eigenvalue weighted by Crippen LogP contribution is 2.28. The lowest BCUT2D eigenvalue weighted by atomic mass is 10.0. The fourth-order valence-electron chi connectivity index (χ4n) is 2.09. The van der Waals surface area contributed by atoms with E-state index in [9.17, 15) is 0 Å². The molecule has 0 aliphatic heterocycles. The summed E-state index contributed by atoms with van der Waals surface area (Å²) in [6.07, 6.45) is 0.594. The summed E-state index contributed by atoms with van der Waals surface area (Å²) in [5, 5.41) is 0.698. The summed E-state index contributed by atoms with van der Waals surface area (Å²) in [5.74, 6) is 1.49. The minimum Gasteiger partial charge on any atom is -0.497 e. The van der Waals surface area contributed by atoms with Crippen LogP contribution in [0.1, 0.15) is 25.0 Å². The largest absolute Gasteiger partial charge is 0.497 e. The van der Waals surface area contributed by atoms with Crippen molar-refractivity contribution in [1.82, 2.24) is 0 Å². The van der Waals surface area contributed by atoms with Gasteiger partial charge in [-0.2, -0.15) is 0 Å².